The molecule has 1 unspecified atom stereocenters. The summed E-state index contributed by atoms with van der Waals surface area (Å²) >= 11 is 0. The molecule has 1 fully saturated rings. The third-order valence-corrected chi connectivity index (χ3v) is 3.43. The maximum Gasteiger partial charge on any atom is 0.311 e. The average molecular weight is 280 g/mol. The summed E-state index contributed by atoms with van der Waals surface area (Å²) in [5.74, 6) is 0.420. The van der Waals surface area contributed by atoms with Crippen LogP contribution < -0.4 is 10.2 Å². The fraction of sp³-hybridized carbons (Fsp3) is 0.615. The fourth-order valence-corrected chi connectivity index (χ4v) is 2.44. The second-order valence-corrected chi connectivity index (χ2v) is 4.84. The van der Waals surface area contributed by atoms with Crippen molar-refractivity contribution >= 4 is 11.5 Å². The molecule has 0 saturated carbocycles. The molecule has 0 amide bonds. The van der Waals surface area contributed by atoms with Crippen LogP contribution in [0.15, 0.2) is 18.3 Å². The highest BCUT2D eigenvalue weighted by Gasteiger charge is 2.24. The molecule has 1 aromatic rings. The Morgan fingerprint density at radius 3 is 3.15 bits per heavy atom. The van der Waals surface area contributed by atoms with Crippen molar-refractivity contribution in [1.29, 1.82) is 0 Å². The van der Waals surface area contributed by atoms with Crippen LogP contribution >= 0.6 is 0 Å². The van der Waals surface area contributed by atoms with Crippen LogP contribution in [0.2, 0.25) is 0 Å². The first-order valence-corrected chi connectivity index (χ1v) is 6.79. The van der Waals surface area contributed by atoms with E-state index in [4.69, 9.17) is 4.74 Å². The van der Waals surface area contributed by atoms with Crippen molar-refractivity contribution in [1.82, 2.24) is 10.3 Å². The van der Waals surface area contributed by atoms with Crippen molar-refractivity contribution in [2.45, 2.75) is 18.9 Å². The molecule has 1 aliphatic heterocycles. The highest BCUT2D eigenvalue weighted by molar-refractivity contribution is 5.57. The number of nitrogens with zero attached hydrogens (tertiary/aromatic N) is 3. The summed E-state index contributed by atoms with van der Waals surface area (Å²) in [5.41, 5.74) is 0.0431. The molecule has 1 aliphatic rings. The molecule has 2 heterocycles. The molecule has 1 atom stereocenters. The minimum absolute atomic E-state index is 0.0431. The Bertz CT molecular complexity index is 449. The van der Waals surface area contributed by atoms with Crippen molar-refractivity contribution in [3.05, 3.63) is 28.4 Å². The quantitative estimate of drug-likeness (QED) is 0.597. The Morgan fingerprint density at radius 1 is 1.65 bits per heavy atom. The minimum Gasteiger partial charge on any atom is -0.383 e. The lowest BCUT2D eigenvalue weighted by Crippen LogP contribution is -2.40. The van der Waals surface area contributed by atoms with Gasteiger partial charge in [-0.3, -0.25) is 10.1 Å². The lowest BCUT2D eigenvalue weighted by Gasteiger charge is -2.26. The number of anilines is 1. The van der Waals surface area contributed by atoms with Crippen molar-refractivity contribution in [3.63, 3.8) is 0 Å². The standard InChI is InChI=1S/C13H20N4O3/c1-20-9-8-16(10-11-4-2-6-14-11)13-12(17(18)19)5-3-7-15-13/h3,5,7,11,14H,2,4,6,8-10H2,1H3. The Hall–Kier alpha value is -1.73. The third kappa shape index (κ3) is 3.64. The normalized spacial score (nSPS) is 18.1. The second-order valence-electron chi connectivity index (χ2n) is 4.84. The zero-order chi connectivity index (χ0) is 14.4. The summed E-state index contributed by atoms with van der Waals surface area (Å²) < 4.78 is 5.10. The minimum atomic E-state index is -0.385. The van der Waals surface area contributed by atoms with E-state index in [0.717, 1.165) is 19.4 Å². The predicted octanol–water partition coefficient (Wildman–Crippen LogP) is 1.19. The van der Waals surface area contributed by atoms with Gasteiger partial charge in [0, 0.05) is 38.5 Å². The average Bonchev–Trinajstić information content (AvgIpc) is 2.96. The van der Waals surface area contributed by atoms with Gasteiger partial charge in [0.15, 0.2) is 0 Å². The van der Waals surface area contributed by atoms with Gasteiger partial charge in [0.2, 0.25) is 5.82 Å². The Morgan fingerprint density at radius 2 is 2.50 bits per heavy atom. The molecular formula is C13H20N4O3. The molecule has 1 saturated heterocycles. The Kier molecular flexibility index (Phi) is 5.25. The molecule has 2 rings (SSSR count). The van der Waals surface area contributed by atoms with Crippen molar-refractivity contribution < 1.29 is 9.66 Å². The number of aromatic nitrogens is 1. The first kappa shape index (κ1) is 14.7. The van der Waals surface area contributed by atoms with Crippen molar-refractivity contribution in [2.24, 2.45) is 0 Å². The number of nitrogens with one attached hydrogen (secondary N) is 1. The van der Waals surface area contributed by atoms with Crippen LogP contribution in [0.1, 0.15) is 12.8 Å². The van der Waals surface area contributed by atoms with Gasteiger partial charge in [-0.15, -0.1) is 0 Å². The zero-order valence-electron chi connectivity index (χ0n) is 11.6. The van der Waals surface area contributed by atoms with Gasteiger partial charge in [-0.25, -0.2) is 4.98 Å². The largest absolute Gasteiger partial charge is 0.383 e. The third-order valence-electron chi connectivity index (χ3n) is 3.43. The van der Waals surface area contributed by atoms with Gasteiger partial charge in [0.1, 0.15) is 0 Å². The lowest BCUT2D eigenvalue weighted by molar-refractivity contribution is -0.384. The first-order valence-electron chi connectivity index (χ1n) is 6.79. The highest BCUT2D eigenvalue weighted by atomic mass is 16.6. The molecule has 7 heteroatoms. The van der Waals surface area contributed by atoms with Gasteiger partial charge in [-0.05, 0) is 25.5 Å². The van der Waals surface area contributed by atoms with Crippen LogP contribution in [-0.2, 0) is 4.74 Å². The fourth-order valence-electron chi connectivity index (χ4n) is 2.44. The summed E-state index contributed by atoms with van der Waals surface area (Å²) in [6.07, 6.45) is 3.82. The lowest BCUT2D eigenvalue weighted by atomic mass is 10.2. The Balaban J connectivity index is 2.18. The zero-order valence-corrected chi connectivity index (χ0v) is 11.6. The monoisotopic (exact) mass is 280 g/mol. The van der Waals surface area contributed by atoms with Crippen LogP contribution in [0.5, 0.6) is 0 Å². The number of ether oxygens (including phenoxy) is 1. The van der Waals surface area contributed by atoms with Crippen LogP contribution in [0.25, 0.3) is 0 Å². The van der Waals surface area contributed by atoms with Crippen LogP contribution in [0, 0.1) is 10.1 Å². The van der Waals surface area contributed by atoms with E-state index < -0.39 is 0 Å². The molecule has 0 aliphatic carbocycles. The number of rotatable bonds is 7. The smallest absolute Gasteiger partial charge is 0.311 e. The summed E-state index contributed by atoms with van der Waals surface area (Å²) in [4.78, 5) is 16.9. The van der Waals surface area contributed by atoms with E-state index in [9.17, 15) is 10.1 Å². The molecule has 20 heavy (non-hydrogen) atoms. The van der Waals surface area contributed by atoms with E-state index in [1.165, 1.54) is 6.07 Å². The summed E-state index contributed by atoms with van der Waals surface area (Å²) in [6.45, 7) is 2.82. The maximum atomic E-state index is 11.1. The summed E-state index contributed by atoms with van der Waals surface area (Å²) in [6, 6.07) is 3.43. The number of hydrogen-bond acceptors (Lipinski definition) is 6. The number of pyridine rings is 1. The maximum absolute atomic E-state index is 11.1. The van der Waals surface area contributed by atoms with Crippen molar-refractivity contribution in [3.8, 4) is 0 Å². The van der Waals surface area contributed by atoms with Gasteiger partial charge in [0.05, 0.1) is 11.5 Å². The van der Waals surface area contributed by atoms with E-state index in [2.05, 4.69) is 10.3 Å². The molecule has 7 nitrogen and oxygen atoms in total. The summed E-state index contributed by atoms with van der Waals surface area (Å²) in [7, 11) is 1.62. The molecule has 1 N–H and O–H groups in total. The molecular weight excluding hydrogens is 260 g/mol. The van der Waals surface area contributed by atoms with Gasteiger partial charge in [-0.1, -0.05) is 0 Å². The van der Waals surface area contributed by atoms with Gasteiger partial charge in [0.25, 0.3) is 0 Å². The molecule has 1 aromatic heterocycles. The molecule has 110 valence electrons. The van der Waals surface area contributed by atoms with E-state index >= 15 is 0 Å². The number of nitro groups is 1. The van der Waals surface area contributed by atoms with E-state index in [1.54, 1.807) is 19.4 Å². The molecule has 0 spiro atoms. The van der Waals surface area contributed by atoms with Crippen molar-refractivity contribution in [2.75, 3.05) is 38.3 Å². The second kappa shape index (κ2) is 7.16. The van der Waals surface area contributed by atoms with E-state index in [1.807, 2.05) is 4.90 Å². The topological polar surface area (TPSA) is 80.5 Å². The molecule has 0 radical (unpaired) electrons. The van der Waals surface area contributed by atoms with Crippen LogP contribution in [-0.4, -0.2) is 49.3 Å². The molecule has 0 aromatic carbocycles. The van der Waals surface area contributed by atoms with Gasteiger partial charge in [-0.2, -0.15) is 0 Å². The van der Waals surface area contributed by atoms with Crippen LogP contribution in [0.3, 0.4) is 0 Å². The van der Waals surface area contributed by atoms with E-state index in [0.29, 0.717) is 31.6 Å². The van der Waals surface area contributed by atoms with Crippen LogP contribution in [0.4, 0.5) is 11.5 Å². The molecule has 0 bridgehead atoms. The predicted molar refractivity (Wildman–Crippen MR) is 76.0 cm³/mol. The number of hydrogen-bond donors (Lipinski definition) is 1. The van der Waals surface area contributed by atoms with Gasteiger partial charge < -0.3 is 15.0 Å². The first-order chi connectivity index (χ1) is 9.72. The van der Waals surface area contributed by atoms with E-state index in [-0.39, 0.29) is 10.6 Å². The SMILES string of the molecule is COCCN(CC1CCCN1)c1ncccc1[N+](=O)[O-]. The number of methoxy groups -OCH3 is 1. The Labute approximate surface area is 118 Å². The summed E-state index contributed by atoms with van der Waals surface area (Å²) in [5, 5.41) is 14.5. The highest BCUT2D eigenvalue weighted by Crippen LogP contribution is 2.25. The van der Waals surface area contributed by atoms with Gasteiger partial charge >= 0.3 is 5.69 Å².